The minimum absolute atomic E-state index is 0.222. The molecule has 4 aromatic rings. The van der Waals surface area contributed by atoms with Crippen molar-refractivity contribution in [3.05, 3.63) is 79.4 Å². The van der Waals surface area contributed by atoms with E-state index in [0.717, 1.165) is 0 Å². The van der Waals surface area contributed by atoms with Crippen LogP contribution < -0.4 is 11.1 Å². The molecule has 0 bridgehead atoms. The van der Waals surface area contributed by atoms with E-state index in [1.54, 1.807) is 73.9 Å². The first-order chi connectivity index (χ1) is 23.9. The molecular weight excluding hydrogens is 652 g/mol. The largest absolute Gasteiger partial charge is 0.462 e. The lowest BCUT2D eigenvalue weighted by Crippen LogP contribution is -2.20. The van der Waals surface area contributed by atoms with Crippen LogP contribution >= 0.6 is 0 Å². The zero-order valence-electron chi connectivity index (χ0n) is 31.5. The summed E-state index contributed by atoms with van der Waals surface area (Å²) in [6.45, 7) is 23.9. The second-order valence-corrected chi connectivity index (χ2v) is 12.2. The molecule has 0 radical (unpaired) electrons. The van der Waals surface area contributed by atoms with E-state index >= 15 is 0 Å². The number of rotatable bonds is 7. The average molecular weight is 703 g/mol. The molecule has 0 fully saturated rings. The normalized spacial score (nSPS) is 10.8. The van der Waals surface area contributed by atoms with Crippen molar-refractivity contribution in [2.24, 2.45) is 0 Å². The highest BCUT2D eigenvalue weighted by atomic mass is 16.5. The number of fused-ring (bicyclic) bond motifs is 2. The number of pyridine rings is 2. The van der Waals surface area contributed by atoms with E-state index in [-0.39, 0.29) is 29.8 Å². The molecule has 0 saturated carbocycles. The number of hydrogen-bond donors (Lipinski definition) is 4. The third kappa shape index (κ3) is 10.1. The second kappa shape index (κ2) is 17.6. The number of nitrogens with one attached hydrogen (secondary N) is 2. The first-order valence-corrected chi connectivity index (χ1v) is 16.9. The maximum atomic E-state index is 12.7. The van der Waals surface area contributed by atoms with Gasteiger partial charge in [-0.05, 0) is 62.3 Å². The van der Waals surface area contributed by atoms with Gasteiger partial charge in [-0.2, -0.15) is 0 Å². The quantitative estimate of drug-likeness (QED) is 0.117. The molecule has 12 heteroatoms. The Bertz CT molecular complexity index is 2160. The predicted molar refractivity (Wildman–Crippen MR) is 200 cm³/mol. The standard InChI is InChI=1S/C19H22N2O4.C18H22N2O4.C2H6/c1-6-10-21-11-13(8-9-19(4,5)24)15-14(18(23)25-7-2)12(3)20-16(15)17(21)22;1-6-20-10-12(8-9-18(4,5)23)14-13(17(22)24-7-2)11(3)19-15(14)16(20)21;1-2/h6,11,20,24H,1,7,10H2,2-5H3;10,19,23H,6-7H2,1-5H3;1-2H3. The van der Waals surface area contributed by atoms with Crippen LogP contribution in [0.1, 0.15) is 106 Å². The van der Waals surface area contributed by atoms with Gasteiger partial charge in [-0.1, -0.05) is 43.6 Å². The molecule has 0 spiro atoms. The summed E-state index contributed by atoms with van der Waals surface area (Å²) in [5.41, 5.74) is 0.371. The van der Waals surface area contributed by atoms with Crippen LogP contribution in [-0.4, -0.2) is 65.7 Å². The van der Waals surface area contributed by atoms with Crippen molar-refractivity contribution >= 4 is 33.7 Å². The van der Waals surface area contributed by atoms with Gasteiger partial charge in [0.1, 0.15) is 22.2 Å². The van der Waals surface area contributed by atoms with Gasteiger partial charge in [0, 0.05) is 47.6 Å². The van der Waals surface area contributed by atoms with Crippen LogP contribution in [0.15, 0.2) is 34.6 Å². The van der Waals surface area contributed by atoms with E-state index in [1.165, 1.54) is 9.13 Å². The van der Waals surface area contributed by atoms with Gasteiger partial charge >= 0.3 is 11.9 Å². The number of carbonyl (C=O) groups excluding carboxylic acids is 2. The second-order valence-electron chi connectivity index (χ2n) is 12.2. The van der Waals surface area contributed by atoms with Crippen LogP contribution in [0.4, 0.5) is 0 Å². The fraction of sp³-hybridized carbons (Fsp3) is 0.436. The van der Waals surface area contributed by atoms with E-state index in [0.29, 0.717) is 63.0 Å². The maximum Gasteiger partial charge on any atom is 0.340 e. The van der Waals surface area contributed by atoms with Crippen LogP contribution in [0.2, 0.25) is 0 Å². The minimum atomic E-state index is -1.21. The Balaban J connectivity index is 0.000000337. The van der Waals surface area contributed by atoms with Crippen molar-refractivity contribution in [3.8, 4) is 23.7 Å². The summed E-state index contributed by atoms with van der Waals surface area (Å²) in [7, 11) is 0. The van der Waals surface area contributed by atoms with Gasteiger partial charge in [-0.3, -0.25) is 9.59 Å². The van der Waals surface area contributed by atoms with Crippen molar-refractivity contribution in [3.63, 3.8) is 0 Å². The highest BCUT2D eigenvalue weighted by Crippen LogP contribution is 2.26. The highest BCUT2D eigenvalue weighted by molar-refractivity contribution is 6.08. The van der Waals surface area contributed by atoms with E-state index in [9.17, 15) is 29.4 Å². The zero-order chi connectivity index (χ0) is 38.8. The first kappa shape index (κ1) is 41.9. The minimum Gasteiger partial charge on any atom is -0.462 e. The smallest absolute Gasteiger partial charge is 0.340 e. The molecule has 0 aliphatic heterocycles. The molecule has 0 aliphatic carbocycles. The number of allylic oxidation sites excluding steroid dienone is 1. The molecule has 0 aliphatic rings. The van der Waals surface area contributed by atoms with Gasteiger partial charge in [-0.15, -0.1) is 6.58 Å². The number of aryl methyl sites for hydroxylation is 3. The summed E-state index contributed by atoms with van der Waals surface area (Å²) < 4.78 is 13.2. The number of ether oxygens (including phenoxy) is 2. The van der Waals surface area contributed by atoms with Gasteiger partial charge in [0.15, 0.2) is 0 Å². The number of H-pyrrole nitrogens is 2. The fourth-order valence-corrected chi connectivity index (χ4v) is 5.01. The third-order valence-electron chi connectivity index (χ3n) is 7.06. The van der Waals surface area contributed by atoms with Gasteiger partial charge in [0.25, 0.3) is 11.1 Å². The number of carbonyl (C=O) groups is 2. The molecule has 4 aromatic heterocycles. The molecule has 0 saturated heterocycles. The number of aromatic amines is 2. The number of aromatic nitrogens is 4. The van der Waals surface area contributed by atoms with Crippen molar-refractivity contribution in [2.45, 2.75) is 100 Å². The third-order valence-corrected chi connectivity index (χ3v) is 7.06. The molecule has 274 valence electrons. The maximum absolute atomic E-state index is 12.7. The molecule has 51 heavy (non-hydrogen) atoms. The monoisotopic (exact) mass is 702 g/mol. The highest BCUT2D eigenvalue weighted by Gasteiger charge is 2.24. The molecule has 4 N–H and O–H groups in total. The molecule has 12 nitrogen and oxygen atoms in total. The summed E-state index contributed by atoms with van der Waals surface area (Å²) in [6, 6.07) is 0. The van der Waals surface area contributed by atoms with Gasteiger partial charge in [-0.25, -0.2) is 9.59 Å². The number of hydrogen-bond acceptors (Lipinski definition) is 8. The molecule has 4 rings (SSSR count). The van der Waals surface area contributed by atoms with Gasteiger partial charge in [0.05, 0.1) is 35.5 Å². The summed E-state index contributed by atoms with van der Waals surface area (Å²) in [5, 5.41) is 20.6. The van der Waals surface area contributed by atoms with Crippen LogP contribution in [-0.2, 0) is 22.6 Å². The van der Waals surface area contributed by atoms with Crippen LogP contribution in [0, 0.1) is 37.5 Å². The Hall–Kier alpha value is -5.30. The lowest BCUT2D eigenvalue weighted by Gasteiger charge is -2.09. The van der Waals surface area contributed by atoms with Crippen molar-refractivity contribution in [1.82, 2.24) is 19.1 Å². The van der Waals surface area contributed by atoms with E-state index in [1.807, 2.05) is 20.8 Å². The lowest BCUT2D eigenvalue weighted by atomic mass is 10.1. The summed E-state index contributed by atoms with van der Waals surface area (Å²) in [5.74, 6) is 10.2. The van der Waals surface area contributed by atoms with E-state index in [4.69, 9.17) is 9.47 Å². The number of aliphatic hydroxyl groups is 2. The Labute approximate surface area is 298 Å². The number of nitrogens with zero attached hydrogens (tertiary/aromatic N) is 2. The average Bonchev–Trinajstić information content (AvgIpc) is 3.59. The molecule has 4 heterocycles. The Morgan fingerprint density at radius 3 is 1.49 bits per heavy atom. The number of esters is 2. The van der Waals surface area contributed by atoms with E-state index < -0.39 is 23.1 Å². The van der Waals surface area contributed by atoms with Crippen molar-refractivity contribution in [2.75, 3.05) is 13.2 Å². The molecule has 0 atom stereocenters. The van der Waals surface area contributed by atoms with Crippen molar-refractivity contribution < 1.29 is 29.3 Å². The molecule has 0 aromatic carbocycles. The van der Waals surface area contributed by atoms with Crippen molar-refractivity contribution in [1.29, 1.82) is 0 Å². The topological polar surface area (TPSA) is 169 Å². The lowest BCUT2D eigenvalue weighted by molar-refractivity contribution is 0.0518. The molecule has 0 unspecified atom stereocenters. The van der Waals surface area contributed by atoms with Crippen LogP contribution in [0.5, 0.6) is 0 Å². The first-order valence-electron chi connectivity index (χ1n) is 16.9. The molecule has 0 amide bonds. The summed E-state index contributed by atoms with van der Waals surface area (Å²) in [6.07, 6.45) is 4.78. The van der Waals surface area contributed by atoms with Crippen LogP contribution in [0.3, 0.4) is 0 Å². The Morgan fingerprint density at radius 1 is 0.784 bits per heavy atom. The summed E-state index contributed by atoms with van der Waals surface area (Å²) in [4.78, 5) is 55.8. The van der Waals surface area contributed by atoms with Gasteiger partial charge in [0.2, 0.25) is 0 Å². The predicted octanol–water partition coefficient (Wildman–Crippen LogP) is 5.11. The Kier molecular flexibility index (Phi) is 14.4. The fourth-order valence-electron chi connectivity index (χ4n) is 5.01. The SMILES string of the molecule is C=CCn1cc(C#CC(C)(C)O)c2c(C(=O)OCC)c(C)[nH]c2c1=O.CC.CCOC(=O)c1c(C)[nH]c2c(=O)n(CC)cc(C#CC(C)(C)O)c12. The van der Waals surface area contributed by atoms with Crippen LogP contribution in [0.25, 0.3) is 21.8 Å². The zero-order valence-corrected chi connectivity index (χ0v) is 31.5. The Morgan fingerprint density at radius 2 is 1.16 bits per heavy atom. The molecular formula is C39H50N4O8. The summed E-state index contributed by atoms with van der Waals surface area (Å²) >= 11 is 0. The van der Waals surface area contributed by atoms with Gasteiger partial charge < -0.3 is 38.8 Å². The van der Waals surface area contributed by atoms with E-state index in [2.05, 4.69) is 40.2 Å².